The fraction of sp³-hybridized carbons (Fsp3) is 0.533. The molecule has 2 unspecified atom stereocenters. The lowest BCUT2D eigenvalue weighted by molar-refractivity contribution is -0.142. The normalized spacial score (nSPS) is 30.8. The van der Waals surface area contributed by atoms with Crippen LogP contribution in [0.15, 0.2) is 35.6 Å². The molecule has 18 heavy (non-hydrogen) atoms. The summed E-state index contributed by atoms with van der Waals surface area (Å²) < 4.78 is 0. The molecule has 3 aliphatic rings. The first-order valence-corrected chi connectivity index (χ1v) is 6.81. The molecule has 2 atom stereocenters. The van der Waals surface area contributed by atoms with Crippen LogP contribution in [0.4, 0.5) is 0 Å². The fourth-order valence-corrected chi connectivity index (χ4v) is 3.32. The van der Waals surface area contributed by atoms with Crippen molar-refractivity contribution < 1.29 is 9.90 Å². The summed E-state index contributed by atoms with van der Waals surface area (Å²) in [5.74, 6) is -0.330. The number of nitrogens with zero attached hydrogens (tertiary/aromatic N) is 1. The Morgan fingerprint density at radius 1 is 1.28 bits per heavy atom. The Morgan fingerprint density at radius 3 is 3.00 bits per heavy atom. The van der Waals surface area contributed by atoms with Crippen molar-refractivity contribution >= 4 is 5.97 Å². The van der Waals surface area contributed by atoms with E-state index in [2.05, 4.69) is 29.2 Å². The summed E-state index contributed by atoms with van der Waals surface area (Å²) in [6, 6.07) is 0. The molecule has 0 aromatic carbocycles. The molecule has 1 saturated heterocycles. The van der Waals surface area contributed by atoms with E-state index in [-0.39, 0.29) is 5.92 Å². The lowest BCUT2D eigenvalue weighted by atomic mass is 9.86. The third kappa shape index (κ3) is 1.98. The molecule has 0 aromatic rings. The minimum Gasteiger partial charge on any atom is -0.481 e. The summed E-state index contributed by atoms with van der Waals surface area (Å²) in [6.45, 7) is 1.99. The number of carboxylic acids is 1. The van der Waals surface area contributed by atoms with Gasteiger partial charge in [-0.05, 0) is 24.8 Å². The highest BCUT2D eigenvalue weighted by molar-refractivity contribution is 5.70. The van der Waals surface area contributed by atoms with Crippen molar-refractivity contribution in [3.8, 4) is 0 Å². The number of carbonyl (C=O) groups is 1. The highest BCUT2D eigenvalue weighted by Gasteiger charge is 2.32. The first kappa shape index (κ1) is 11.6. The molecule has 0 saturated carbocycles. The first-order valence-electron chi connectivity index (χ1n) is 6.81. The summed E-state index contributed by atoms with van der Waals surface area (Å²) in [5.41, 5.74) is 2.65. The van der Waals surface area contributed by atoms with E-state index in [0.29, 0.717) is 12.3 Å². The van der Waals surface area contributed by atoms with Gasteiger partial charge in [-0.1, -0.05) is 24.3 Å². The van der Waals surface area contributed by atoms with Crippen LogP contribution >= 0.6 is 0 Å². The lowest BCUT2D eigenvalue weighted by Gasteiger charge is -2.35. The Balaban J connectivity index is 1.95. The van der Waals surface area contributed by atoms with Crippen LogP contribution in [0, 0.1) is 11.8 Å². The molecule has 1 N–H and O–H groups in total. The molecule has 0 spiro atoms. The minimum absolute atomic E-state index is 0.193. The number of allylic oxidation sites excluding steroid dienone is 6. The number of fused-ring (bicyclic) bond motifs is 2. The van der Waals surface area contributed by atoms with E-state index in [4.69, 9.17) is 0 Å². The Bertz CT molecular complexity index is 447. The molecule has 2 aliphatic heterocycles. The molecular formula is C15H19NO2. The maximum Gasteiger partial charge on any atom is 0.306 e. The van der Waals surface area contributed by atoms with Gasteiger partial charge < -0.3 is 10.0 Å². The lowest BCUT2D eigenvalue weighted by Crippen LogP contribution is -2.35. The second-order valence-corrected chi connectivity index (χ2v) is 5.41. The van der Waals surface area contributed by atoms with E-state index in [1.54, 1.807) is 0 Å². The predicted molar refractivity (Wildman–Crippen MR) is 70.0 cm³/mol. The van der Waals surface area contributed by atoms with Gasteiger partial charge in [0.2, 0.25) is 0 Å². The summed E-state index contributed by atoms with van der Waals surface area (Å²) in [6.07, 6.45) is 12.5. The van der Waals surface area contributed by atoms with E-state index >= 15 is 0 Å². The average molecular weight is 245 g/mol. The zero-order chi connectivity index (χ0) is 12.5. The second kappa shape index (κ2) is 4.63. The largest absolute Gasteiger partial charge is 0.481 e. The summed E-state index contributed by atoms with van der Waals surface area (Å²) >= 11 is 0. The third-order valence-electron chi connectivity index (χ3n) is 4.32. The van der Waals surface area contributed by atoms with E-state index < -0.39 is 5.97 Å². The molecule has 0 radical (unpaired) electrons. The standard InChI is InChI=1S/C15H19NO2/c17-15(18)12-7-9-16-8-3-5-11-4-1-2-6-13(11)14(16)10-12/h1-2,4,6,11-12H,3,5,7-10H2,(H,17,18). The fourth-order valence-electron chi connectivity index (χ4n) is 3.32. The van der Waals surface area contributed by atoms with Crippen LogP contribution in [0.1, 0.15) is 25.7 Å². The zero-order valence-electron chi connectivity index (χ0n) is 10.5. The molecule has 0 aromatic heterocycles. The molecule has 1 fully saturated rings. The van der Waals surface area contributed by atoms with Crippen LogP contribution in [0.2, 0.25) is 0 Å². The van der Waals surface area contributed by atoms with Gasteiger partial charge in [-0.2, -0.15) is 0 Å². The first-order chi connectivity index (χ1) is 8.75. The highest BCUT2D eigenvalue weighted by atomic mass is 16.4. The maximum atomic E-state index is 11.2. The van der Waals surface area contributed by atoms with Crippen molar-refractivity contribution in [2.24, 2.45) is 11.8 Å². The van der Waals surface area contributed by atoms with E-state index in [1.165, 1.54) is 24.1 Å². The van der Waals surface area contributed by atoms with Crippen molar-refractivity contribution in [1.82, 2.24) is 4.90 Å². The minimum atomic E-state index is -0.640. The quantitative estimate of drug-likeness (QED) is 0.772. The SMILES string of the molecule is O=C(O)C1CCN2CCCC3C=CC=CC3=C2C1. The molecule has 1 aliphatic carbocycles. The molecule has 3 nitrogen and oxygen atoms in total. The van der Waals surface area contributed by atoms with Crippen LogP contribution in [0.3, 0.4) is 0 Å². The Labute approximate surface area is 107 Å². The van der Waals surface area contributed by atoms with E-state index in [1.807, 2.05) is 0 Å². The van der Waals surface area contributed by atoms with Gasteiger partial charge in [-0.15, -0.1) is 0 Å². The molecule has 3 rings (SSSR count). The van der Waals surface area contributed by atoms with Crippen molar-refractivity contribution in [1.29, 1.82) is 0 Å². The molecule has 3 heteroatoms. The Kier molecular flexibility index (Phi) is 2.98. The van der Waals surface area contributed by atoms with Crippen molar-refractivity contribution in [2.75, 3.05) is 13.1 Å². The molecule has 0 bridgehead atoms. The maximum absolute atomic E-state index is 11.2. The van der Waals surface area contributed by atoms with Crippen LogP contribution in [-0.4, -0.2) is 29.1 Å². The van der Waals surface area contributed by atoms with Gasteiger partial charge in [0, 0.05) is 31.1 Å². The number of carboxylic acid groups (broad SMARTS) is 1. The van der Waals surface area contributed by atoms with E-state index in [0.717, 1.165) is 19.5 Å². The van der Waals surface area contributed by atoms with Gasteiger partial charge in [-0.25, -0.2) is 0 Å². The summed E-state index contributed by atoms with van der Waals surface area (Å²) in [4.78, 5) is 13.6. The van der Waals surface area contributed by atoms with Gasteiger partial charge in [0.15, 0.2) is 0 Å². The predicted octanol–water partition coefficient (Wildman–Crippen LogP) is 2.57. The number of hydrogen-bond donors (Lipinski definition) is 1. The number of aliphatic carboxylic acids is 1. The van der Waals surface area contributed by atoms with Crippen molar-refractivity contribution in [2.45, 2.75) is 25.7 Å². The van der Waals surface area contributed by atoms with Crippen LogP contribution < -0.4 is 0 Å². The van der Waals surface area contributed by atoms with Gasteiger partial charge in [0.05, 0.1) is 5.92 Å². The van der Waals surface area contributed by atoms with Crippen LogP contribution in [0.25, 0.3) is 0 Å². The summed E-state index contributed by atoms with van der Waals surface area (Å²) in [7, 11) is 0. The van der Waals surface area contributed by atoms with Gasteiger partial charge in [0.25, 0.3) is 0 Å². The Morgan fingerprint density at radius 2 is 2.17 bits per heavy atom. The van der Waals surface area contributed by atoms with Crippen LogP contribution in [-0.2, 0) is 4.79 Å². The number of hydrogen-bond acceptors (Lipinski definition) is 2. The topological polar surface area (TPSA) is 40.5 Å². The molecular weight excluding hydrogens is 226 g/mol. The van der Waals surface area contributed by atoms with Gasteiger partial charge >= 0.3 is 5.97 Å². The molecule has 96 valence electrons. The van der Waals surface area contributed by atoms with Crippen LogP contribution in [0.5, 0.6) is 0 Å². The van der Waals surface area contributed by atoms with Gasteiger partial charge in [0.1, 0.15) is 0 Å². The summed E-state index contributed by atoms with van der Waals surface area (Å²) in [5, 5.41) is 9.22. The molecule has 0 amide bonds. The Hall–Kier alpha value is -1.51. The van der Waals surface area contributed by atoms with E-state index in [9.17, 15) is 9.90 Å². The van der Waals surface area contributed by atoms with Crippen molar-refractivity contribution in [3.05, 3.63) is 35.6 Å². The third-order valence-corrected chi connectivity index (χ3v) is 4.32. The molecule has 2 heterocycles. The number of rotatable bonds is 1. The monoisotopic (exact) mass is 245 g/mol. The highest BCUT2D eigenvalue weighted by Crippen LogP contribution is 2.37. The van der Waals surface area contributed by atoms with Crippen molar-refractivity contribution in [3.63, 3.8) is 0 Å². The zero-order valence-corrected chi connectivity index (χ0v) is 10.5. The number of piperidine rings is 1. The smallest absolute Gasteiger partial charge is 0.306 e. The second-order valence-electron chi connectivity index (χ2n) is 5.41. The van der Waals surface area contributed by atoms with Gasteiger partial charge in [-0.3, -0.25) is 4.79 Å². The average Bonchev–Trinajstić information content (AvgIpc) is 2.57.